The predicted molar refractivity (Wildman–Crippen MR) is 77.9 cm³/mol. The number of anilines is 1. The van der Waals surface area contributed by atoms with Gasteiger partial charge in [0.25, 0.3) is 0 Å². The van der Waals surface area contributed by atoms with Crippen LogP contribution in [0, 0.1) is 6.92 Å². The summed E-state index contributed by atoms with van der Waals surface area (Å²) in [6, 6.07) is 13.3. The maximum Gasteiger partial charge on any atom is 0.336 e. The molecule has 0 aromatic heterocycles. The second-order valence-corrected chi connectivity index (χ2v) is 4.77. The zero-order chi connectivity index (χ0) is 14.0. The van der Waals surface area contributed by atoms with E-state index >= 15 is 0 Å². The molecule has 2 rings (SSSR count). The van der Waals surface area contributed by atoms with Crippen molar-refractivity contribution in [2.24, 2.45) is 0 Å². The quantitative estimate of drug-likeness (QED) is 0.913. The molecule has 0 spiro atoms. The Balaban J connectivity index is 2.69. The molecule has 0 saturated heterocycles. The van der Waals surface area contributed by atoms with E-state index in [2.05, 4.69) is 0 Å². The van der Waals surface area contributed by atoms with Gasteiger partial charge in [-0.25, -0.2) is 4.79 Å². The molecule has 2 aromatic rings. The van der Waals surface area contributed by atoms with Gasteiger partial charge in [-0.15, -0.1) is 0 Å². The van der Waals surface area contributed by atoms with Crippen molar-refractivity contribution in [2.45, 2.75) is 6.92 Å². The number of para-hydroxylation sites is 1. The van der Waals surface area contributed by atoms with Crippen LogP contribution >= 0.6 is 0 Å². The molecule has 0 bridgehead atoms. The molecule has 0 unspecified atom stereocenters. The number of carbonyl (C=O) groups is 1. The van der Waals surface area contributed by atoms with Gasteiger partial charge in [-0.2, -0.15) is 0 Å². The van der Waals surface area contributed by atoms with E-state index in [-0.39, 0.29) is 0 Å². The molecule has 3 heteroatoms. The highest BCUT2D eigenvalue weighted by Crippen LogP contribution is 2.32. The van der Waals surface area contributed by atoms with Crippen molar-refractivity contribution >= 4 is 11.7 Å². The maximum atomic E-state index is 11.4. The van der Waals surface area contributed by atoms with E-state index in [0.717, 1.165) is 22.4 Å². The lowest BCUT2D eigenvalue weighted by Gasteiger charge is -2.18. The summed E-state index contributed by atoms with van der Waals surface area (Å²) in [7, 11) is 3.90. The number of aryl methyl sites for hydroxylation is 1. The van der Waals surface area contributed by atoms with Crippen LogP contribution in [-0.4, -0.2) is 25.2 Å². The van der Waals surface area contributed by atoms with Crippen LogP contribution in [0.15, 0.2) is 42.5 Å². The van der Waals surface area contributed by atoms with Gasteiger partial charge in [-0.3, -0.25) is 0 Å². The van der Waals surface area contributed by atoms with Crippen molar-refractivity contribution < 1.29 is 9.90 Å². The van der Waals surface area contributed by atoms with Gasteiger partial charge in [0, 0.05) is 25.3 Å². The van der Waals surface area contributed by atoms with Crippen molar-refractivity contribution in [1.82, 2.24) is 0 Å². The Hall–Kier alpha value is -2.29. The van der Waals surface area contributed by atoms with E-state index in [4.69, 9.17) is 0 Å². The zero-order valence-electron chi connectivity index (χ0n) is 11.3. The van der Waals surface area contributed by atoms with Crippen LogP contribution in [0.25, 0.3) is 11.1 Å². The lowest BCUT2D eigenvalue weighted by Crippen LogP contribution is -2.10. The van der Waals surface area contributed by atoms with Gasteiger partial charge in [-0.1, -0.05) is 35.9 Å². The maximum absolute atomic E-state index is 11.4. The lowest BCUT2D eigenvalue weighted by molar-refractivity contribution is 0.0697. The van der Waals surface area contributed by atoms with Crippen LogP contribution in [-0.2, 0) is 0 Å². The molecule has 0 heterocycles. The minimum Gasteiger partial charge on any atom is -0.478 e. The number of rotatable bonds is 3. The Bertz CT molecular complexity index is 618. The fourth-order valence-corrected chi connectivity index (χ4v) is 2.16. The second-order valence-electron chi connectivity index (χ2n) is 4.77. The number of carboxylic acids is 1. The van der Waals surface area contributed by atoms with E-state index in [1.807, 2.05) is 62.3 Å². The molecule has 0 aliphatic carbocycles. The fourth-order valence-electron chi connectivity index (χ4n) is 2.16. The molecule has 0 atom stereocenters. The third-order valence-corrected chi connectivity index (χ3v) is 3.08. The molecule has 0 saturated carbocycles. The number of carboxylic acid groups (broad SMARTS) is 1. The van der Waals surface area contributed by atoms with Crippen molar-refractivity contribution in [2.75, 3.05) is 19.0 Å². The van der Waals surface area contributed by atoms with Crippen molar-refractivity contribution in [3.05, 3.63) is 53.6 Å². The smallest absolute Gasteiger partial charge is 0.336 e. The summed E-state index contributed by atoms with van der Waals surface area (Å²) >= 11 is 0. The number of hydrogen-bond acceptors (Lipinski definition) is 2. The van der Waals surface area contributed by atoms with Crippen LogP contribution in [0.4, 0.5) is 5.69 Å². The molecule has 3 nitrogen and oxygen atoms in total. The summed E-state index contributed by atoms with van der Waals surface area (Å²) in [5, 5.41) is 9.37. The standard InChI is InChI=1S/C16H17NO2/c1-11-8-9-12(14(10-11)16(18)19)13-6-4-5-7-15(13)17(2)3/h4-10H,1-3H3,(H,18,19). The van der Waals surface area contributed by atoms with Gasteiger partial charge in [-0.05, 0) is 24.6 Å². The molecule has 0 radical (unpaired) electrons. The van der Waals surface area contributed by atoms with Gasteiger partial charge in [0.15, 0.2) is 0 Å². The molecule has 98 valence electrons. The molecule has 0 aliphatic rings. The highest BCUT2D eigenvalue weighted by atomic mass is 16.4. The van der Waals surface area contributed by atoms with Crippen LogP contribution in [0.5, 0.6) is 0 Å². The van der Waals surface area contributed by atoms with E-state index in [1.165, 1.54) is 0 Å². The van der Waals surface area contributed by atoms with E-state index in [0.29, 0.717) is 5.56 Å². The Morgan fingerprint density at radius 2 is 1.74 bits per heavy atom. The normalized spacial score (nSPS) is 10.3. The first-order valence-electron chi connectivity index (χ1n) is 6.11. The van der Waals surface area contributed by atoms with E-state index in [1.54, 1.807) is 6.07 Å². The van der Waals surface area contributed by atoms with Crippen LogP contribution in [0.3, 0.4) is 0 Å². The molecular formula is C16H17NO2. The average Bonchev–Trinajstić information content (AvgIpc) is 2.38. The molecule has 2 aromatic carbocycles. The Labute approximate surface area is 113 Å². The van der Waals surface area contributed by atoms with E-state index < -0.39 is 5.97 Å². The molecule has 0 amide bonds. The number of hydrogen-bond donors (Lipinski definition) is 1. The minimum atomic E-state index is -0.896. The Morgan fingerprint density at radius 1 is 1.05 bits per heavy atom. The number of nitrogens with zero attached hydrogens (tertiary/aromatic N) is 1. The summed E-state index contributed by atoms with van der Waals surface area (Å²) in [5.41, 5.74) is 3.99. The van der Waals surface area contributed by atoms with Gasteiger partial charge in [0.05, 0.1) is 5.56 Å². The molecule has 1 N–H and O–H groups in total. The second kappa shape index (κ2) is 5.14. The SMILES string of the molecule is Cc1ccc(-c2ccccc2N(C)C)c(C(=O)O)c1. The van der Waals surface area contributed by atoms with Crippen LogP contribution < -0.4 is 4.90 Å². The topological polar surface area (TPSA) is 40.5 Å². The predicted octanol–water partition coefficient (Wildman–Crippen LogP) is 3.43. The van der Waals surface area contributed by atoms with Crippen molar-refractivity contribution in [3.8, 4) is 11.1 Å². The monoisotopic (exact) mass is 255 g/mol. The molecular weight excluding hydrogens is 238 g/mol. The summed E-state index contributed by atoms with van der Waals surface area (Å²) in [6.07, 6.45) is 0. The highest BCUT2D eigenvalue weighted by molar-refractivity contribution is 5.98. The lowest BCUT2D eigenvalue weighted by atomic mass is 9.96. The minimum absolute atomic E-state index is 0.342. The summed E-state index contributed by atoms with van der Waals surface area (Å²) < 4.78 is 0. The zero-order valence-corrected chi connectivity index (χ0v) is 11.3. The molecule has 0 fully saturated rings. The first-order valence-corrected chi connectivity index (χ1v) is 6.11. The van der Waals surface area contributed by atoms with Crippen molar-refractivity contribution in [1.29, 1.82) is 0 Å². The fraction of sp³-hybridized carbons (Fsp3) is 0.188. The molecule has 0 aliphatic heterocycles. The first kappa shape index (κ1) is 13.1. The number of benzene rings is 2. The Kier molecular flexibility index (Phi) is 3.56. The summed E-state index contributed by atoms with van der Waals surface area (Å²) in [5.74, 6) is -0.896. The summed E-state index contributed by atoms with van der Waals surface area (Å²) in [6.45, 7) is 1.90. The third kappa shape index (κ3) is 2.60. The summed E-state index contributed by atoms with van der Waals surface area (Å²) in [4.78, 5) is 13.4. The number of aromatic carboxylic acids is 1. The van der Waals surface area contributed by atoms with Crippen LogP contribution in [0.1, 0.15) is 15.9 Å². The van der Waals surface area contributed by atoms with Gasteiger partial charge in [0.1, 0.15) is 0 Å². The van der Waals surface area contributed by atoms with E-state index in [9.17, 15) is 9.90 Å². The van der Waals surface area contributed by atoms with Gasteiger partial charge < -0.3 is 10.0 Å². The first-order chi connectivity index (χ1) is 9.00. The van der Waals surface area contributed by atoms with Gasteiger partial charge in [0.2, 0.25) is 0 Å². The largest absolute Gasteiger partial charge is 0.478 e. The molecule has 19 heavy (non-hydrogen) atoms. The average molecular weight is 255 g/mol. The highest BCUT2D eigenvalue weighted by Gasteiger charge is 2.15. The van der Waals surface area contributed by atoms with Crippen molar-refractivity contribution in [3.63, 3.8) is 0 Å². The third-order valence-electron chi connectivity index (χ3n) is 3.08. The Morgan fingerprint density at radius 3 is 2.37 bits per heavy atom. The van der Waals surface area contributed by atoms with Crippen LogP contribution in [0.2, 0.25) is 0 Å². The van der Waals surface area contributed by atoms with Gasteiger partial charge >= 0.3 is 5.97 Å².